The van der Waals surface area contributed by atoms with Gasteiger partial charge in [-0.3, -0.25) is 0 Å². The largest absolute Gasteiger partial charge is 0.420 e. The Morgan fingerprint density at radius 1 is 0.684 bits per heavy atom. The summed E-state index contributed by atoms with van der Waals surface area (Å²) in [6.45, 7) is 8.96. The van der Waals surface area contributed by atoms with E-state index in [1.165, 1.54) is 0 Å². The van der Waals surface area contributed by atoms with Gasteiger partial charge in [-0.05, 0) is 25.6 Å². The smallest absolute Gasteiger partial charge is 0.186 e. The van der Waals surface area contributed by atoms with Crippen molar-refractivity contribution in [2.24, 2.45) is 0 Å². The molecule has 0 aliphatic rings. The molecule has 0 rings (SSSR count). The van der Waals surface area contributed by atoms with E-state index >= 15 is 0 Å². The van der Waals surface area contributed by atoms with Crippen LogP contribution in [0.15, 0.2) is 0 Å². The van der Waals surface area contributed by atoms with Gasteiger partial charge in [0.05, 0.1) is 39.6 Å². The molecule has 0 saturated carbocycles. The molecule has 0 heterocycles. The van der Waals surface area contributed by atoms with Crippen LogP contribution in [0, 0.1) is 0 Å². The molecule has 0 amide bonds. The van der Waals surface area contributed by atoms with Crippen LogP contribution in [0.4, 0.5) is 0 Å². The molecule has 0 aliphatic heterocycles. The SMILES string of the molecule is COCCOCCOCCOCCC[Si](C)(C)OC. The van der Waals surface area contributed by atoms with Crippen LogP contribution in [0.5, 0.6) is 0 Å². The van der Waals surface area contributed by atoms with Crippen LogP contribution < -0.4 is 0 Å². The molecule has 0 saturated heterocycles. The van der Waals surface area contributed by atoms with Crippen molar-refractivity contribution < 1.29 is 23.4 Å². The maximum Gasteiger partial charge on any atom is 0.186 e. The maximum absolute atomic E-state index is 5.50. The van der Waals surface area contributed by atoms with Crippen LogP contribution in [0.3, 0.4) is 0 Å². The second-order valence-electron chi connectivity index (χ2n) is 4.90. The van der Waals surface area contributed by atoms with Gasteiger partial charge in [-0.15, -0.1) is 0 Å². The van der Waals surface area contributed by atoms with E-state index in [1.807, 2.05) is 0 Å². The number of ether oxygens (including phenoxy) is 4. The first-order valence-corrected chi connectivity index (χ1v) is 10.0. The Hall–Kier alpha value is 0.0169. The van der Waals surface area contributed by atoms with E-state index in [-0.39, 0.29) is 0 Å². The van der Waals surface area contributed by atoms with Crippen LogP contribution in [0.1, 0.15) is 6.42 Å². The van der Waals surface area contributed by atoms with Crippen molar-refractivity contribution in [3.8, 4) is 0 Å². The Labute approximate surface area is 118 Å². The van der Waals surface area contributed by atoms with Gasteiger partial charge in [0.2, 0.25) is 0 Å². The fraction of sp³-hybridized carbons (Fsp3) is 1.00. The Balaban J connectivity index is 3.07. The lowest BCUT2D eigenvalue weighted by atomic mass is 10.5. The van der Waals surface area contributed by atoms with Gasteiger partial charge in [-0.25, -0.2) is 0 Å². The van der Waals surface area contributed by atoms with Gasteiger partial charge in [0.15, 0.2) is 8.32 Å². The minimum Gasteiger partial charge on any atom is -0.420 e. The minimum atomic E-state index is -1.41. The van der Waals surface area contributed by atoms with Gasteiger partial charge >= 0.3 is 0 Å². The lowest BCUT2D eigenvalue weighted by Crippen LogP contribution is -2.28. The highest BCUT2D eigenvalue weighted by atomic mass is 28.4. The maximum atomic E-state index is 5.50. The van der Waals surface area contributed by atoms with Crippen molar-refractivity contribution in [3.63, 3.8) is 0 Å². The lowest BCUT2D eigenvalue weighted by molar-refractivity contribution is 0.00370. The molecule has 0 spiro atoms. The Morgan fingerprint density at radius 3 is 1.63 bits per heavy atom. The number of hydrogen-bond donors (Lipinski definition) is 0. The van der Waals surface area contributed by atoms with Crippen molar-refractivity contribution >= 4 is 8.32 Å². The highest BCUT2D eigenvalue weighted by Crippen LogP contribution is 2.11. The average Bonchev–Trinajstić information content (AvgIpc) is 2.40. The summed E-state index contributed by atoms with van der Waals surface area (Å²) < 4.78 is 26.5. The average molecular weight is 294 g/mol. The molecule has 0 unspecified atom stereocenters. The summed E-state index contributed by atoms with van der Waals surface area (Å²) in [6, 6.07) is 1.14. The highest BCUT2D eigenvalue weighted by Gasteiger charge is 2.19. The second-order valence-corrected chi connectivity index (χ2v) is 9.32. The normalized spacial score (nSPS) is 12.0. The molecule has 0 aromatic heterocycles. The first-order chi connectivity index (χ1) is 9.12. The zero-order valence-corrected chi connectivity index (χ0v) is 13.9. The van der Waals surface area contributed by atoms with Crippen molar-refractivity contribution in [1.82, 2.24) is 0 Å². The lowest BCUT2D eigenvalue weighted by Gasteiger charge is -2.19. The summed E-state index contributed by atoms with van der Waals surface area (Å²) in [5, 5.41) is 0. The molecule has 6 heteroatoms. The van der Waals surface area contributed by atoms with Gasteiger partial charge in [-0.2, -0.15) is 0 Å². The first-order valence-electron chi connectivity index (χ1n) is 6.89. The Morgan fingerprint density at radius 2 is 1.16 bits per heavy atom. The molecule has 0 aromatic carbocycles. The van der Waals surface area contributed by atoms with E-state index in [9.17, 15) is 0 Å². The molecule has 0 fully saturated rings. The summed E-state index contributed by atoms with van der Waals surface area (Å²) >= 11 is 0. The molecule has 5 nitrogen and oxygen atoms in total. The van der Waals surface area contributed by atoms with Crippen molar-refractivity contribution in [3.05, 3.63) is 0 Å². The van der Waals surface area contributed by atoms with E-state index < -0.39 is 8.32 Å². The minimum absolute atomic E-state index is 0.608. The van der Waals surface area contributed by atoms with Crippen LogP contribution in [-0.2, 0) is 23.4 Å². The quantitative estimate of drug-likeness (QED) is 0.362. The molecule has 0 radical (unpaired) electrons. The van der Waals surface area contributed by atoms with E-state index in [2.05, 4.69) is 13.1 Å². The fourth-order valence-corrected chi connectivity index (χ4v) is 2.59. The molecule has 116 valence electrons. The Kier molecular flexibility index (Phi) is 13.0. The number of rotatable bonds is 14. The molecule has 0 bridgehead atoms. The van der Waals surface area contributed by atoms with Crippen LogP contribution >= 0.6 is 0 Å². The molecule has 0 aliphatic carbocycles. The number of hydrogen-bond acceptors (Lipinski definition) is 5. The summed E-state index contributed by atoms with van der Waals surface area (Å²) in [5.41, 5.74) is 0. The third-order valence-corrected chi connectivity index (χ3v) is 5.46. The van der Waals surface area contributed by atoms with Gasteiger partial charge in [-0.1, -0.05) is 0 Å². The highest BCUT2D eigenvalue weighted by molar-refractivity contribution is 6.71. The van der Waals surface area contributed by atoms with Gasteiger partial charge < -0.3 is 23.4 Å². The molecule has 19 heavy (non-hydrogen) atoms. The van der Waals surface area contributed by atoms with Crippen molar-refractivity contribution in [2.45, 2.75) is 25.6 Å². The van der Waals surface area contributed by atoms with Crippen LogP contribution in [0.25, 0.3) is 0 Å². The van der Waals surface area contributed by atoms with Crippen LogP contribution in [-0.4, -0.2) is 68.8 Å². The molecule has 0 N–H and O–H groups in total. The zero-order valence-electron chi connectivity index (χ0n) is 12.9. The third kappa shape index (κ3) is 14.2. The van der Waals surface area contributed by atoms with Crippen LogP contribution in [0.2, 0.25) is 19.1 Å². The van der Waals surface area contributed by atoms with Crippen molar-refractivity contribution in [1.29, 1.82) is 0 Å². The molecular formula is C13H30O5Si. The van der Waals surface area contributed by atoms with Crippen molar-refractivity contribution in [2.75, 3.05) is 60.5 Å². The van der Waals surface area contributed by atoms with Gasteiger partial charge in [0, 0.05) is 20.8 Å². The summed E-state index contributed by atoms with van der Waals surface area (Å²) in [7, 11) is 2.05. The van der Waals surface area contributed by atoms with E-state index in [0.29, 0.717) is 39.6 Å². The Bertz CT molecular complexity index is 190. The predicted molar refractivity (Wildman–Crippen MR) is 78.2 cm³/mol. The molecule has 0 aromatic rings. The third-order valence-electron chi connectivity index (χ3n) is 2.80. The van der Waals surface area contributed by atoms with Gasteiger partial charge in [0.1, 0.15) is 0 Å². The summed E-state index contributed by atoms with van der Waals surface area (Å²) in [5.74, 6) is 0. The molecule has 0 atom stereocenters. The van der Waals surface area contributed by atoms with E-state index in [0.717, 1.165) is 19.1 Å². The first kappa shape index (κ1) is 19.0. The fourth-order valence-electron chi connectivity index (χ4n) is 1.39. The second kappa shape index (κ2) is 13.0. The van der Waals surface area contributed by atoms with Gasteiger partial charge in [0.25, 0.3) is 0 Å². The van der Waals surface area contributed by atoms with E-state index in [4.69, 9.17) is 23.4 Å². The monoisotopic (exact) mass is 294 g/mol. The summed E-state index contributed by atoms with van der Waals surface area (Å²) in [6.07, 6.45) is 1.06. The van der Waals surface area contributed by atoms with E-state index in [1.54, 1.807) is 14.2 Å². The summed E-state index contributed by atoms with van der Waals surface area (Å²) in [4.78, 5) is 0. The predicted octanol–water partition coefficient (Wildman–Crippen LogP) is 1.92. The topological polar surface area (TPSA) is 46.2 Å². The molecular weight excluding hydrogens is 264 g/mol. The number of methoxy groups -OCH3 is 1. The zero-order chi connectivity index (χ0) is 14.4. The standard InChI is InChI=1S/C13H30O5Si/c1-14-7-8-17-11-12-18-10-9-16-6-5-13-19(3,4)15-2/h5-13H2,1-4H3.